The number of nitrogens with zero attached hydrogens (tertiary/aromatic N) is 1. The summed E-state index contributed by atoms with van der Waals surface area (Å²) in [6.45, 7) is 1.73. The SMILES string of the molecule is CN(CCOc1ccccc1F)C(=O)C1(c2ccc(Br)cc2)CCOCC1. The maximum atomic E-state index is 13.7. The van der Waals surface area contributed by atoms with Crippen molar-refractivity contribution < 1.29 is 18.7 Å². The Morgan fingerprint density at radius 2 is 1.85 bits per heavy atom. The molecule has 1 aliphatic heterocycles. The zero-order chi connectivity index (χ0) is 19.3. The molecular formula is C21H23BrFNO3. The predicted octanol–water partition coefficient (Wildman–Crippen LogP) is 4.17. The van der Waals surface area contributed by atoms with Crippen molar-refractivity contribution in [3.63, 3.8) is 0 Å². The Morgan fingerprint density at radius 3 is 2.52 bits per heavy atom. The molecule has 27 heavy (non-hydrogen) atoms. The van der Waals surface area contributed by atoms with E-state index >= 15 is 0 Å². The normalized spacial score (nSPS) is 16.0. The summed E-state index contributed by atoms with van der Waals surface area (Å²) in [6, 6.07) is 14.2. The number of amides is 1. The number of likely N-dealkylation sites (N-methyl/N-ethyl adjacent to an activating group) is 1. The third-order valence-electron chi connectivity index (χ3n) is 5.02. The van der Waals surface area contributed by atoms with Crippen LogP contribution in [0.25, 0.3) is 0 Å². The van der Waals surface area contributed by atoms with Crippen LogP contribution >= 0.6 is 15.9 Å². The fourth-order valence-electron chi connectivity index (χ4n) is 3.44. The number of halogens is 2. The first-order chi connectivity index (χ1) is 13.0. The number of ether oxygens (including phenoxy) is 2. The average molecular weight is 436 g/mol. The summed E-state index contributed by atoms with van der Waals surface area (Å²) in [5, 5.41) is 0. The van der Waals surface area contributed by atoms with Crippen molar-refractivity contribution >= 4 is 21.8 Å². The van der Waals surface area contributed by atoms with Gasteiger partial charge in [-0.3, -0.25) is 4.79 Å². The van der Waals surface area contributed by atoms with E-state index in [0.717, 1.165) is 10.0 Å². The zero-order valence-electron chi connectivity index (χ0n) is 15.3. The lowest BCUT2D eigenvalue weighted by Gasteiger charge is -2.39. The van der Waals surface area contributed by atoms with Crippen molar-refractivity contribution in [1.82, 2.24) is 4.90 Å². The maximum absolute atomic E-state index is 13.7. The van der Waals surface area contributed by atoms with E-state index < -0.39 is 11.2 Å². The average Bonchev–Trinajstić information content (AvgIpc) is 2.70. The molecule has 6 heteroatoms. The van der Waals surface area contributed by atoms with Gasteiger partial charge in [0.25, 0.3) is 0 Å². The van der Waals surface area contributed by atoms with E-state index in [-0.39, 0.29) is 18.3 Å². The summed E-state index contributed by atoms with van der Waals surface area (Å²) in [5.41, 5.74) is 0.409. The van der Waals surface area contributed by atoms with E-state index in [2.05, 4.69) is 15.9 Å². The first-order valence-corrected chi connectivity index (χ1v) is 9.79. The number of para-hydroxylation sites is 1. The Bertz CT molecular complexity index is 775. The van der Waals surface area contributed by atoms with Gasteiger partial charge in [-0.2, -0.15) is 0 Å². The first-order valence-electron chi connectivity index (χ1n) is 9.00. The van der Waals surface area contributed by atoms with Gasteiger partial charge in [-0.05, 0) is 42.7 Å². The van der Waals surface area contributed by atoms with Crippen LogP contribution in [0.1, 0.15) is 18.4 Å². The molecule has 0 unspecified atom stereocenters. The monoisotopic (exact) mass is 435 g/mol. The largest absolute Gasteiger partial charge is 0.489 e. The molecule has 0 aromatic heterocycles. The third kappa shape index (κ3) is 4.50. The van der Waals surface area contributed by atoms with E-state index in [1.54, 1.807) is 30.1 Å². The lowest BCUT2D eigenvalue weighted by Crippen LogP contribution is -2.49. The quantitative estimate of drug-likeness (QED) is 0.683. The Hall–Kier alpha value is -1.92. The molecule has 1 heterocycles. The predicted molar refractivity (Wildman–Crippen MR) is 105 cm³/mol. The molecule has 2 aromatic rings. The molecule has 1 amide bonds. The molecule has 1 fully saturated rings. The number of carbonyl (C=O) groups excluding carboxylic acids is 1. The molecule has 3 rings (SSSR count). The molecule has 144 valence electrons. The number of hydrogen-bond donors (Lipinski definition) is 0. The second kappa shape index (κ2) is 8.85. The van der Waals surface area contributed by atoms with Crippen LogP contribution < -0.4 is 4.74 Å². The van der Waals surface area contributed by atoms with Gasteiger partial charge in [-0.15, -0.1) is 0 Å². The van der Waals surface area contributed by atoms with E-state index in [9.17, 15) is 9.18 Å². The standard InChI is InChI=1S/C21H23BrFNO3/c1-24(12-15-27-19-5-3-2-4-18(19)23)20(25)21(10-13-26-14-11-21)16-6-8-17(22)9-7-16/h2-9H,10-15H2,1H3. The summed E-state index contributed by atoms with van der Waals surface area (Å²) >= 11 is 3.45. The van der Waals surface area contributed by atoms with Gasteiger partial charge in [-0.25, -0.2) is 4.39 Å². The molecule has 0 bridgehead atoms. The second-order valence-electron chi connectivity index (χ2n) is 6.71. The highest BCUT2D eigenvalue weighted by atomic mass is 79.9. The Morgan fingerprint density at radius 1 is 1.19 bits per heavy atom. The number of hydrogen-bond acceptors (Lipinski definition) is 3. The molecule has 0 radical (unpaired) electrons. The molecule has 0 atom stereocenters. The number of carbonyl (C=O) groups is 1. The van der Waals surface area contributed by atoms with E-state index in [1.165, 1.54) is 6.07 Å². The van der Waals surface area contributed by atoms with Crippen LogP contribution in [-0.4, -0.2) is 44.2 Å². The van der Waals surface area contributed by atoms with E-state index in [1.807, 2.05) is 24.3 Å². The highest BCUT2D eigenvalue weighted by molar-refractivity contribution is 9.10. The van der Waals surface area contributed by atoms with Crippen LogP contribution in [0.15, 0.2) is 53.0 Å². The van der Waals surface area contributed by atoms with E-state index in [0.29, 0.717) is 32.6 Å². The molecule has 2 aromatic carbocycles. The van der Waals surface area contributed by atoms with Crippen molar-refractivity contribution in [2.75, 3.05) is 33.4 Å². The van der Waals surface area contributed by atoms with Gasteiger partial charge in [0.2, 0.25) is 5.91 Å². The lowest BCUT2D eigenvalue weighted by molar-refractivity contribution is -0.140. The fourth-order valence-corrected chi connectivity index (χ4v) is 3.70. The van der Waals surface area contributed by atoms with E-state index in [4.69, 9.17) is 9.47 Å². The van der Waals surface area contributed by atoms with Crippen molar-refractivity contribution in [1.29, 1.82) is 0 Å². The van der Waals surface area contributed by atoms with Gasteiger partial charge in [0.15, 0.2) is 11.6 Å². The zero-order valence-corrected chi connectivity index (χ0v) is 16.9. The Labute approximate surface area is 167 Å². The molecule has 4 nitrogen and oxygen atoms in total. The molecule has 0 saturated carbocycles. The van der Waals surface area contributed by atoms with Gasteiger partial charge in [0, 0.05) is 24.7 Å². The summed E-state index contributed by atoms with van der Waals surface area (Å²) < 4.78 is 25.6. The molecule has 1 saturated heterocycles. The van der Waals surface area contributed by atoms with Gasteiger partial charge in [0.1, 0.15) is 6.61 Å². The van der Waals surface area contributed by atoms with Crippen molar-refractivity contribution in [3.05, 3.63) is 64.4 Å². The summed E-state index contributed by atoms with van der Waals surface area (Å²) in [4.78, 5) is 15.0. The van der Waals surface area contributed by atoms with Crippen molar-refractivity contribution in [2.45, 2.75) is 18.3 Å². The van der Waals surface area contributed by atoms with Crippen LogP contribution in [-0.2, 0) is 14.9 Å². The van der Waals surface area contributed by atoms with Crippen LogP contribution in [0.4, 0.5) is 4.39 Å². The Kier molecular flexibility index (Phi) is 6.50. The third-order valence-corrected chi connectivity index (χ3v) is 5.55. The minimum Gasteiger partial charge on any atom is -0.489 e. The van der Waals surface area contributed by atoms with Crippen molar-refractivity contribution in [2.24, 2.45) is 0 Å². The number of rotatable bonds is 6. The highest BCUT2D eigenvalue weighted by Crippen LogP contribution is 2.37. The van der Waals surface area contributed by atoms with Gasteiger partial charge < -0.3 is 14.4 Å². The molecule has 0 spiro atoms. The lowest BCUT2D eigenvalue weighted by atomic mass is 9.73. The van der Waals surface area contributed by atoms with Crippen LogP contribution in [0.3, 0.4) is 0 Å². The highest BCUT2D eigenvalue weighted by Gasteiger charge is 2.43. The van der Waals surface area contributed by atoms with Crippen LogP contribution in [0.2, 0.25) is 0 Å². The second-order valence-corrected chi connectivity index (χ2v) is 7.62. The molecule has 1 aliphatic rings. The maximum Gasteiger partial charge on any atom is 0.233 e. The minimum atomic E-state index is -0.592. The Balaban J connectivity index is 1.70. The molecule has 0 aliphatic carbocycles. The van der Waals surface area contributed by atoms with Gasteiger partial charge in [-0.1, -0.05) is 40.2 Å². The fraction of sp³-hybridized carbons (Fsp3) is 0.381. The van der Waals surface area contributed by atoms with Crippen LogP contribution in [0, 0.1) is 5.82 Å². The smallest absolute Gasteiger partial charge is 0.233 e. The topological polar surface area (TPSA) is 38.8 Å². The minimum absolute atomic E-state index is 0.0465. The molecule has 0 N–H and O–H groups in total. The summed E-state index contributed by atoms with van der Waals surface area (Å²) in [6.07, 6.45) is 1.29. The van der Waals surface area contributed by atoms with Gasteiger partial charge in [0.05, 0.1) is 12.0 Å². The summed E-state index contributed by atoms with van der Waals surface area (Å²) in [7, 11) is 1.77. The number of benzene rings is 2. The van der Waals surface area contributed by atoms with Crippen molar-refractivity contribution in [3.8, 4) is 5.75 Å². The van der Waals surface area contributed by atoms with Crippen LogP contribution in [0.5, 0.6) is 5.75 Å². The first kappa shape index (κ1) is 19.8. The summed E-state index contributed by atoms with van der Waals surface area (Å²) in [5.74, 6) is -0.153. The van der Waals surface area contributed by atoms with Gasteiger partial charge >= 0.3 is 0 Å². The molecular weight excluding hydrogens is 413 g/mol.